The Labute approximate surface area is 103 Å². The van der Waals surface area contributed by atoms with Crippen LogP contribution in [0.25, 0.3) is 0 Å². The lowest BCUT2D eigenvalue weighted by Gasteiger charge is -2.17. The molecule has 0 aromatic heterocycles. The molecule has 1 rings (SSSR count). The van der Waals surface area contributed by atoms with E-state index in [0.29, 0.717) is 6.42 Å². The predicted molar refractivity (Wildman–Crippen MR) is 71.2 cm³/mol. The molecule has 0 amide bonds. The van der Waals surface area contributed by atoms with E-state index < -0.39 is 0 Å². The van der Waals surface area contributed by atoms with E-state index in [2.05, 4.69) is 6.92 Å². The molecule has 0 saturated heterocycles. The molecule has 1 aromatic rings. The van der Waals surface area contributed by atoms with Crippen LogP contribution in [0.2, 0.25) is 0 Å². The van der Waals surface area contributed by atoms with Crippen LogP contribution in [0.1, 0.15) is 44.3 Å². The molecular weight excluding hydrogens is 212 g/mol. The zero-order chi connectivity index (χ0) is 12.5. The first kappa shape index (κ1) is 13.7. The second-order valence-electron chi connectivity index (χ2n) is 4.21. The molecule has 1 unspecified atom stereocenters. The maximum Gasteiger partial charge on any atom is 0.0934 e. The molecule has 1 aromatic carbocycles. The molecule has 0 radical (unpaired) electrons. The second-order valence-corrected chi connectivity index (χ2v) is 4.21. The zero-order valence-corrected chi connectivity index (χ0v) is 10.5. The highest BCUT2D eigenvalue weighted by molar-refractivity contribution is 5.77. The van der Waals surface area contributed by atoms with E-state index in [-0.39, 0.29) is 11.9 Å². The minimum Gasteiger partial charge on any atom is -0.388 e. The lowest BCUT2D eigenvalue weighted by Crippen LogP contribution is -2.17. The largest absolute Gasteiger partial charge is 0.388 e. The van der Waals surface area contributed by atoms with Gasteiger partial charge in [0.2, 0.25) is 0 Å². The summed E-state index contributed by atoms with van der Waals surface area (Å²) in [6.07, 6.45) is 3.83. The first-order valence-electron chi connectivity index (χ1n) is 6.23. The van der Waals surface area contributed by atoms with Crippen molar-refractivity contribution in [2.45, 2.75) is 38.7 Å². The summed E-state index contributed by atoms with van der Waals surface area (Å²) in [4.78, 5) is 0. The van der Waals surface area contributed by atoms with Crippen molar-refractivity contribution in [1.82, 2.24) is 0 Å². The number of ether oxygens (including phenoxy) is 1. The average Bonchev–Trinajstić information content (AvgIpc) is 2.34. The number of hydrogen-bond donors (Lipinski definition) is 2. The minimum atomic E-state index is -0.0782. The fourth-order valence-electron chi connectivity index (χ4n) is 1.72. The normalized spacial score (nSPS) is 12.3. The SMILES string of the molecule is CCCCCOC(CC(=N)N)c1ccccc1. The molecule has 0 saturated carbocycles. The van der Waals surface area contributed by atoms with Crippen molar-refractivity contribution in [3.8, 4) is 0 Å². The molecule has 0 aliphatic rings. The van der Waals surface area contributed by atoms with Gasteiger partial charge < -0.3 is 10.5 Å². The summed E-state index contributed by atoms with van der Waals surface area (Å²) >= 11 is 0. The van der Waals surface area contributed by atoms with Gasteiger partial charge in [0, 0.05) is 13.0 Å². The van der Waals surface area contributed by atoms with Crippen molar-refractivity contribution in [3.05, 3.63) is 35.9 Å². The third-order valence-corrected chi connectivity index (χ3v) is 2.64. The number of unbranched alkanes of at least 4 members (excludes halogenated alkanes) is 2. The molecule has 0 heterocycles. The Hall–Kier alpha value is -1.35. The lowest BCUT2D eigenvalue weighted by molar-refractivity contribution is 0.0547. The van der Waals surface area contributed by atoms with E-state index in [9.17, 15) is 0 Å². The molecule has 3 nitrogen and oxygen atoms in total. The van der Waals surface area contributed by atoms with Gasteiger partial charge in [-0.15, -0.1) is 0 Å². The third kappa shape index (κ3) is 5.50. The van der Waals surface area contributed by atoms with Crippen LogP contribution in [0.3, 0.4) is 0 Å². The molecular formula is C14H22N2O. The maximum absolute atomic E-state index is 7.39. The van der Waals surface area contributed by atoms with Crippen LogP contribution in [0.4, 0.5) is 0 Å². The number of amidine groups is 1. The monoisotopic (exact) mass is 234 g/mol. The van der Waals surface area contributed by atoms with Crippen molar-refractivity contribution >= 4 is 5.84 Å². The Kier molecular flexibility index (Phi) is 6.33. The molecule has 0 bridgehead atoms. The highest BCUT2D eigenvalue weighted by Gasteiger charge is 2.12. The van der Waals surface area contributed by atoms with E-state index in [1.54, 1.807) is 0 Å². The van der Waals surface area contributed by atoms with Gasteiger partial charge in [-0.2, -0.15) is 0 Å². The van der Waals surface area contributed by atoms with E-state index in [0.717, 1.165) is 18.6 Å². The summed E-state index contributed by atoms with van der Waals surface area (Å²) in [5.74, 6) is 0.175. The Balaban J connectivity index is 2.52. The van der Waals surface area contributed by atoms with Crippen molar-refractivity contribution < 1.29 is 4.74 Å². The number of rotatable bonds is 8. The Morgan fingerprint density at radius 3 is 2.59 bits per heavy atom. The van der Waals surface area contributed by atoms with E-state index in [1.807, 2.05) is 30.3 Å². The summed E-state index contributed by atoms with van der Waals surface area (Å²) in [5, 5.41) is 7.39. The predicted octanol–water partition coefficient (Wildman–Crippen LogP) is 3.26. The minimum absolute atomic E-state index is 0.0782. The molecule has 0 fully saturated rings. The van der Waals surface area contributed by atoms with Gasteiger partial charge in [-0.1, -0.05) is 50.1 Å². The molecule has 94 valence electrons. The van der Waals surface area contributed by atoms with E-state index in [1.165, 1.54) is 12.8 Å². The molecule has 3 heteroatoms. The molecule has 0 spiro atoms. The van der Waals surface area contributed by atoms with Crippen LogP contribution in [0.5, 0.6) is 0 Å². The topological polar surface area (TPSA) is 59.1 Å². The summed E-state index contributed by atoms with van der Waals surface area (Å²) in [6.45, 7) is 2.91. The molecule has 0 aliphatic carbocycles. The van der Waals surface area contributed by atoms with Crippen LogP contribution >= 0.6 is 0 Å². The van der Waals surface area contributed by atoms with Crippen LogP contribution in [-0.2, 0) is 4.74 Å². The highest BCUT2D eigenvalue weighted by atomic mass is 16.5. The Morgan fingerprint density at radius 1 is 1.29 bits per heavy atom. The first-order chi connectivity index (χ1) is 8.24. The first-order valence-corrected chi connectivity index (χ1v) is 6.23. The fourth-order valence-corrected chi connectivity index (χ4v) is 1.72. The molecule has 17 heavy (non-hydrogen) atoms. The third-order valence-electron chi connectivity index (χ3n) is 2.64. The molecule has 1 atom stereocenters. The summed E-state index contributed by atoms with van der Waals surface area (Å²) in [6, 6.07) is 9.99. The van der Waals surface area contributed by atoms with Gasteiger partial charge in [0.15, 0.2) is 0 Å². The number of nitrogens with one attached hydrogen (secondary N) is 1. The maximum atomic E-state index is 7.39. The standard InChI is InChI=1S/C14H22N2O/c1-2-3-7-10-17-13(11-14(15)16)12-8-5-4-6-9-12/h4-6,8-9,13H,2-3,7,10-11H2,1H3,(H3,15,16). The number of benzene rings is 1. The van der Waals surface area contributed by atoms with Crippen molar-refractivity contribution in [3.63, 3.8) is 0 Å². The van der Waals surface area contributed by atoms with Crippen molar-refractivity contribution in [2.24, 2.45) is 5.73 Å². The van der Waals surface area contributed by atoms with Gasteiger partial charge in [-0.05, 0) is 12.0 Å². The van der Waals surface area contributed by atoms with Gasteiger partial charge in [0.05, 0.1) is 11.9 Å². The van der Waals surface area contributed by atoms with Gasteiger partial charge in [-0.3, -0.25) is 5.41 Å². The smallest absolute Gasteiger partial charge is 0.0934 e. The van der Waals surface area contributed by atoms with Gasteiger partial charge in [0.1, 0.15) is 0 Å². The number of hydrogen-bond acceptors (Lipinski definition) is 2. The van der Waals surface area contributed by atoms with Gasteiger partial charge >= 0.3 is 0 Å². The van der Waals surface area contributed by atoms with Crippen LogP contribution in [0.15, 0.2) is 30.3 Å². The molecule has 3 N–H and O–H groups in total. The average molecular weight is 234 g/mol. The fraction of sp³-hybridized carbons (Fsp3) is 0.500. The van der Waals surface area contributed by atoms with Gasteiger partial charge in [0.25, 0.3) is 0 Å². The van der Waals surface area contributed by atoms with Crippen LogP contribution < -0.4 is 5.73 Å². The Bertz CT molecular complexity index is 324. The summed E-state index contributed by atoms with van der Waals surface area (Å²) in [5.41, 5.74) is 6.56. The van der Waals surface area contributed by atoms with Crippen LogP contribution in [0, 0.1) is 5.41 Å². The molecule has 0 aliphatic heterocycles. The van der Waals surface area contributed by atoms with E-state index in [4.69, 9.17) is 15.9 Å². The summed E-state index contributed by atoms with van der Waals surface area (Å²) in [7, 11) is 0. The highest BCUT2D eigenvalue weighted by Crippen LogP contribution is 2.21. The van der Waals surface area contributed by atoms with Crippen LogP contribution in [-0.4, -0.2) is 12.4 Å². The summed E-state index contributed by atoms with van der Waals surface area (Å²) < 4.78 is 5.82. The quantitative estimate of drug-likeness (QED) is 0.412. The second kappa shape index (κ2) is 7.85. The lowest BCUT2D eigenvalue weighted by atomic mass is 10.1. The van der Waals surface area contributed by atoms with Gasteiger partial charge in [-0.25, -0.2) is 0 Å². The van der Waals surface area contributed by atoms with E-state index >= 15 is 0 Å². The Morgan fingerprint density at radius 2 is 2.00 bits per heavy atom. The van der Waals surface area contributed by atoms with Crippen molar-refractivity contribution in [1.29, 1.82) is 5.41 Å². The zero-order valence-electron chi connectivity index (χ0n) is 10.5. The van der Waals surface area contributed by atoms with Crippen molar-refractivity contribution in [2.75, 3.05) is 6.61 Å². The number of nitrogens with two attached hydrogens (primary N) is 1.